The molecule has 0 aromatic heterocycles. The van der Waals surface area contributed by atoms with Crippen LogP contribution in [0.5, 0.6) is 0 Å². The summed E-state index contributed by atoms with van der Waals surface area (Å²) in [6.07, 6.45) is 4.62. The third-order valence-electron chi connectivity index (χ3n) is 4.13. The van der Waals surface area contributed by atoms with E-state index in [-0.39, 0.29) is 10.9 Å². The van der Waals surface area contributed by atoms with Gasteiger partial charge in [-0.2, -0.15) is 0 Å². The van der Waals surface area contributed by atoms with E-state index in [2.05, 4.69) is 5.32 Å². The van der Waals surface area contributed by atoms with Gasteiger partial charge >= 0.3 is 0 Å². The number of benzene rings is 1. The van der Waals surface area contributed by atoms with Gasteiger partial charge in [0.1, 0.15) is 10.7 Å². The van der Waals surface area contributed by atoms with Crippen molar-refractivity contribution in [3.8, 4) is 0 Å². The van der Waals surface area contributed by atoms with Gasteiger partial charge in [0.05, 0.1) is 5.60 Å². The zero-order valence-corrected chi connectivity index (χ0v) is 13.2. The lowest BCUT2D eigenvalue weighted by molar-refractivity contribution is 0.0453. The minimum Gasteiger partial charge on any atom is -0.389 e. The second-order valence-electron chi connectivity index (χ2n) is 6.00. The molecule has 1 saturated carbocycles. The van der Waals surface area contributed by atoms with Crippen LogP contribution >= 0.6 is 0 Å². The first kappa shape index (κ1) is 16.4. The summed E-state index contributed by atoms with van der Waals surface area (Å²) in [6.45, 7) is 2.33. The monoisotopic (exact) mass is 315 g/mol. The lowest BCUT2D eigenvalue weighted by atomic mass is 10.0. The fourth-order valence-corrected chi connectivity index (χ4v) is 3.49. The number of rotatable bonds is 5. The molecular formula is C15H22FNO3S. The molecule has 1 fully saturated rings. The summed E-state index contributed by atoms with van der Waals surface area (Å²) in [4.78, 5) is -0.284. The molecular weight excluding hydrogens is 293 g/mol. The number of halogens is 1. The Kier molecular flexibility index (Phi) is 4.70. The molecule has 0 saturated heterocycles. The number of hydrogen-bond donors (Lipinski definition) is 2. The van der Waals surface area contributed by atoms with Crippen molar-refractivity contribution in [2.24, 2.45) is 0 Å². The van der Waals surface area contributed by atoms with Gasteiger partial charge in [-0.1, -0.05) is 18.9 Å². The SMILES string of the molecule is CC(NCC1(O)CCCC1)c1ccc(S(C)(=O)=O)c(F)c1. The molecule has 118 valence electrons. The summed E-state index contributed by atoms with van der Waals surface area (Å²) < 4.78 is 36.6. The Balaban J connectivity index is 2.06. The highest BCUT2D eigenvalue weighted by molar-refractivity contribution is 7.90. The summed E-state index contributed by atoms with van der Waals surface area (Å²) in [5.74, 6) is -0.733. The van der Waals surface area contributed by atoms with Gasteiger partial charge in [-0.3, -0.25) is 0 Å². The van der Waals surface area contributed by atoms with Crippen LogP contribution in [0.4, 0.5) is 4.39 Å². The quantitative estimate of drug-likeness (QED) is 0.874. The normalized spacial score (nSPS) is 19.6. The third-order valence-corrected chi connectivity index (χ3v) is 5.26. The van der Waals surface area contributed by atoms with Crippen LogP contribution in [0.1, 0.15) is 44.2 Å². The first-order valence-corrected chi connectivity index (χ1v) is 9.06. The van der Waals surface area contributed by atoms with Crippen LogP contribution in [0.2, 0.25) is 0 Å². The van der Waals surface area contributed by atoms with Gasteiger partial charge in [0, 0.05) is 18.8 Å². The van der Waals surface area contributed by atoms with E-state index in [0.29, 0.717) is 12.1 Å². The predicted octanol–water partition coefficient (Wildman–Crippen LogP) is 2.18. The summed E-state index contributed by atoms with van der Waals surface area (Å²) >= 11 is 0. The Morgan fingerprint density at radius 1 is 1.38 bits per heavy atom. The minimum absolute atomic E-state index is 0.155. The highest BCUT2D eigenvalue weighted by Crippen LogP contribution is 2.29. The molecule has 21 heavy (non-hydrogen) atoms. The van der Waals surface area contributed by atoms with E-state index < -0.39 is 21.3 Å². The highest BCUT2D eigenvalue weighted by atomic mass is 32.2. The van der Waals surface area contributed by atoms with Crippen molar-refractivity contribution in [1.82, 2.24) is 5.32 Å². The van der Waals surface area contributed by atoms with E-state index in [4.69, 9.17) is 0 Å². The number of sulfone groups is 1. The van der Waals surface area contributed by atoms with Crippen LogP contribution < -0.4 is 5.32 Å². The third kappa shape index (κ3) is 4.02. The predicted molar refractivity (Wildman–Crippen MR) is 79.3 cm³/mol. The second kappa shape index (κ2) is 6.02. The Bertz CT molecular complexity index is 609. The van der Waals surface area contributed by atoms with Crippen LogP contribution in [0.25, 0.3) is 0 Å². The first-order chi connectivity index (χ1) is 9.71. The van der Waals surface area contributed by atoms with Crippen LogP contribution in [0, 0.1) is 5.82 Å². The minimum atomic E-state index is -3.55. The molecule has 6 heteroatoms. The Morgan fingerprint density at radius 3 is 2.52 bits per heavy atom. The molecule has 4 nitrogen and oxygen atoms in total. The lowest BCUT2D eigenvalue weighted by Crippen LogP contribution is -2.39. The van der Waals surface area contributed by atoms with Gasteiger partial charge in [-0.05, 0) is 37.5 Å². The maximum atomic E-state index is 13.9. The fourth-order valence-electron chi connectivity index (χ4n) is 2.76. The van der Waals surface area contributed by atoms with Crippen LogP contribution in [-0.4, -0.2) is 31.9 Å². The van der Waals surface area contributed by atoms with Gasteiger partial charge in [-0.25, -0.2) is 12.8 Å². The average Bonchev–Trinajstić information content (AvgIpc) is 2.82. The van der Waals surface area contributed by atoms with E-state index in [1.165, 1.54) is 12.1 Å². The van der Waals surface area contributed by atoms with Crippen molar-refractivity contribution in [1.29, 1.82) is 0 Å². The van der Waals surface area contributed by atoms with E-state index in [1.54, 1.807) is 6.07 Å². The zero-order valence-electron chi connectivity index (χ0n) is 12.4. The Morgan fingerprint density at radius 2 is 2.00 bits per heavy atom. The maximum Gasteiger partial charge on any atom is 0.178 e. The lowest BCUT2D eigenvalue weighted by Gasteiger charge is -2.25. The number of aliphatic hydroxyl groups is 1. The van der Waals surface area contributed by atoms with Crippen molar-refractivity contribution < 1.29 is 17.9 Å². The first-order valence-electron chi connectivity index (χ1n) is 7.17. The zero-order chi connectivity index (χ0) is 15.7. The van der Waals surface area contributed by atoms with E-state index in [9.17, 15) is 17.9 Å². The Hall–Kier alpha value is -0.980. The van der Waals surface area contributed by atoms with E-state index in [1.807, 2.05) is 6.92 Å². The molecule has 0 heterocycles. The maximum absolute atomic E-state index is 13.9. The summed E-state index contributed by atoms with van der Waals surface area (Å²) in [7, 11) is -3.55. The molecule has 0 radical (unpaired) electrons. The molecule has 2 N–H and O–H groups in total. The molecule has 1 aromatic carbocycles. The van der Waals surface area contributed by atoms with Crippen molar-refractivity contribution in [2.75, 3.05) is 12.8 Å². The van der Waals surface area contributed by atoms with Crippen molar-refractivity contribution >= 4 is 9.84 Å². The molecule has 1 aliphatic rings. The molecule has 0 bridgehead atoms. The number of hydrogen-bond acceptors (Lipinski definition) is 4. The molecule has 0 spiro atoms. The van der Waals surface area contributed by atoms with Gasteiger partial charge < -0.3 is 10.4 Å². The van der Waals surface area contributed by atoms with Crippen LogP contribution in [0.3, 0.4) is 0 Å². The van der Waals surface area contributed by atoms with Crippen molar-refractivity contribution in [3.05, 3.63) is 29.6 Å². The van der Waals surface area contributed by atoms with Crippen molar-refractivity contribution in [3.63, 3.8) is 0 Å². The molecule has 1 aliphatic carbocycles. The van der Waals surface area contributed by atoms with Gasteiger partial charge in [0.2, 0.25) is 0 Å². The molecule has 1 unspecified atom stereocenters. The largest absolute Gasteiger partial charge is 0.389 e. The summed E-state index contributed by atoms with van der Waals surface area (Å²) in [6, 6.07) is 3.99. The second-order valence-corrected chi connectivity index (χ2v) is 7.98. The molecule has 2 rings (SSSR count). The topological polar surface area (TPSA) is 66.4 Å². The highest BCUT2D eigenvalue weighted by Gasteiger charge is 2.31. The molecule has 1 atom stereocenters. The Labute approximate surface area is 125 Å². The van der Waals surface area contributed by atoms with E-state index >= 15 is 0 Å². The molecule has 0 amide bonds. The molecule has 1 aromatic rings. The van der Waals surface area contributed by atoms with Gasteiger partial charge in [-0.15, -0.1) is 0 Å². The van der Waals surface area contributed by atoms with Crippen molar-refractivity contribution in [2.45, 2.75) is 49.1 Å². The van der Waals surface area contributed by atoms with Gasteiger partial charge in [0.25, 0.3) is 0 Å². The van der Waals surface area contributed by atoms with Gasteiger partial charge in [0.15, 0.2) is 9.84 Å². The fraction of sp³-hybridized carbons (Fsp3) is 0.600. The smallest absolute Gasteiger partial charge is 0.178 e. The number of nitrogens with one attached hydrogen (secondary N) is 1. The molecule has 0 aliphatic heterocycles. The summed E-state index contributed by atoms with van der Waals surface area (Å²) in [5, 5.41) is 13.5. The standard InChI is InChI=1S/C15H22FNO3S/c1-11(17-10-15(18)7-3-4-8-15)12-5-6-14(13(16)9-12)21(2,19)20/h5-6,9,11,17-18H,3-4,7-8,10H2,1-2H3. The van der Waals surface area contributed by atoms with E-state index in [0.717, 1.165) is 31.9 Å². The summed E-state index contributed by atoms with van der Waals surface area (Å²) in [5.41, 5.74) is 0.000893. The van der Waals surface area contributed by atoms with Crippen LogP contribution in [-0.2, 0) is 9.84 Å². The van der Waals surface area contributed by atoms with Crippen LogP contribution in [0.15, 0.2) is 23.1 Å². The average molecular weight is 315 g/mol.